The van der Waals surface area contributed by atoms with Crippen LogP contribution < -0.4 is 5.73 Å². The Kier molecular flexibility index (Phi) is 7.73. The molecule has 2 N–H and O–H groups in total. The third-order valence-corrected chi connectivity index (χ3v) is 3.95. The zero-order chi connectivity index (χ0) is 23.9. The van der Waals surface area contributed by atoms with Gasteiger partial charge in [0.05, 0.1) is 23.6 Å². The van der Waals surface area contributed by atoms with Crippen LogP contribution in [0.25, 0.3) is 0 Å². The van der Waals surface area contributed by atoms with Crippen molar-refractivity contribution >= 4 is 24.2 Å². The summed E-state index contributed by atoms with van der Waals surface area (Å²) in [5.74, 6) is -1.80. The molecule has 0 heterocycles. The smallest absolute Gasteiger partial charge is 0.370 e. The Balaban J connectivity index is 2.41. The Bertz CT molecular complexity index is 964. The first-order valence-corrected chi connectivity index (χ1v) is 8.91. The normalized spacial score (nSPS) is 12.4. The van der Waals surface area contributed by atoms with E-state index in [4.69, 9.17) is 5.73 Å². The number of halogens is 6. The highest BCUT2D eigenvalue weighted by atomic mass is 19.4. The first-order chi connectivity index (χ1) is 14.9. The van der Waals surface area contributed by atoms with Crippen molar-refractivity contribution in [2.24, 2.45) is 15.9 Å². The maximum Gasteiger partial charge on any atom is 0.417 e. The number of hydrazone groups is 2. The van der Waals surface area contributed by atoms with Gasteiger partial charge in [0.2, 0.25) is 5.91 Å². The van der Waals surface area contributed by atoms with Gasteiger partial charge in [0.1, 0.15) is 0 Å². The molecular formula is C20H16F6N4O2. The van der Waals surface area contributed by atoms with E-state index < -0.39 is 59.3 Å². The van der Waals surface area contributed by atoms with E-state index in [1.54, 1.807) is 0 Å². The highest BCUT2D eigenvalue weighted by Gasteiger charge is 2.33. The molecule has 2 aromatic carbocycles. The van der Waals surface area contributed by atoms with E-state index in [-0.39, 0.29) is 0 Å². The maximum absolute atomic E-state index is 13.1. The van der Waals surface area contributed by atoms with Crippen LogP contribution in [-0.2, 0) is 21.9 Å². The summed E-state index contributed by atoms with van der Waals surface area (Å²) in [5, 5.41) is 7.47. The second-order valence-corrected chi connectivity index (χ2v) is 6.31. The molecule has 0 atom stereocenters. The van der Waals surface area contributed by atoms with Crippen molar-refractivity contribution in [1.29, 1.82) is 0 Å². The topological polar surface area (TPSA) is 88.1 Å². The number of hydrogen-bond donors (Lipinski definition) is 1. The number of nitrogens with two attached hydrogens (primary N) is 1. The Labute approximate surface area is 178 Å². The fraction of sp³-hybridized carbons (Fsp3) is 0.200. The van der Waals surface area contributed by atoms with Gasteiger partial charge in [-0.1, -0.05) is 36.4 Å². The number of benzene rings is 2. The molecule has 0 aliphatic carbocycles. The molecule has 0 aliphatic heterocycles. The van der Waals surface area contributed by atoms with E-state index in [2.05, 4.69) is 10.2 Å². The number of alkyl halides is 6. The standard InChI is InChI=1S/C20H16F6N4O2/c21-19(22,23)15-7-3-1-5-13(15)11-28-30(18(32)10-9-17(27)31)29-12-14-6-2-4-8-16(14)20(24,25)26/h1-8,11-12H,9-10H2,(H2,27,31)/b28-11+,29-12+. The van der Waals surface area contributed by atoms with Gasteiger partial charge < -0.3 is 5.73 Å². The molecule has 32 heavy (non-hydrogen) atoms. The lowest BCUT2D eigenvalue weighted by molar-refractivity contribution is -0.138. The molecule has 0 fully saturated rings. The molecule has 12 heteroatoms. The van der Waals surface area contributed by atoms with Crippen molar-refractivity contribution in [3.8, 4) is 0 Å². The predicted octanol–water partition coefficient (Wildman–Crippen LogP) is 4.19. The summed E-state index contributed by atoms with van der Waals surface area (Å²) >= 11 is 0. The van der Waals surface area contributed by atoms with Gasteiger partial charge >= 0.3 is 12.4 Å². The van der Waals surface area contributed by atoms with Crippen molar-refractivity contribution < 1.29 is 35.9 Å². The molecule has 2 amide bonds. The lowest BCUT2D eigenvalue weighted by Crippen LogP contribution is -2.23. The SMILES string of the molecule is NC(=O)CCC(=O)N(/N=C/c1ccccc1C(F)(F)F)/N=C/c1ccccc1C(F)(F)F. The molecule has 0 saturated heterocycles. The monoisotopic (exact) mass is 458 g/mol. The average molecular weight is 458 g/mol. The Morgan fingerprint density at radius 3 is 1.56 bits per heavy atom. The molecular weight excluding hydrogens is 442 g/mol. The first kappa shape index (κ1) is 24.6. The lowest BCUT2D eigenvalue weighted by atomic mass is 10.1. The molecule has 2 aromatic rings. The van der Waals surface area contributed by atoms with Crippen molar-refractivity contribution in [3.63, 3.8) is 0 Å². The van der Waals surface area contributed by atoms with Crippen LogP contribution in [0.5, 0.6) is 0 Å². The summed E-state index contributed by atoms with van der Waals surface area (Å²) in [6.07, 6.45) is -8.96. The zero-order valence-corrected chi connectivity index (χ0v) is 16.2. The number of primary amides is 1. The lowest BCUT2D eigenvalue weighted by Gasteiger charge is -2.13. The predicted molar refractivity (Wildman–Crippen MR) is 103 cm³/mol. The highest BCUT2D eigenvalue weighted by molar-refractivity contribution is 5.87. The minimum Gasteiger partial charge on any atom is -0.370 e. The second kappa shape index (κ2) is 10.1. The van der Waals surface area contributed by atoms with Crippen LogP contribution in [0.4, 0.5) is 26.3 Å². The molecule has 0 bridgehead atoms. The van der Waals surface area contributed by atoms with Gasteiger partial charge in [-0.25, -0.2) is 0 Å². The van der Waals surface area contributed by atoms with Gasteiger partial charge in [-0.3, -0.25) is 9.59 Å². The third-order valence-electron chi connectivity index (χ3n) is 3.95. The van der Waals surface area contributed by atoms with E-state index in [1.807, 2.05) is 0 Å². The number of carbonyl (C=O) groups excluding carboxylic acids is 2. The minimum atomic E-state index is -4.71. The van der Waals surface area contributed by atoms with E-state index in [0.29, 0.717) is 17.5 Å². The molecule has 0 aliphatic rings. The van der Waals surface area contributed by atoms with E-state index in [9.17, 15) is 35.9 Å². The van der Waals surface area contributed by atoms with Crippen LogP contribution in [0, 0.1) is 0 Å². The molecule has 0 aromatic heterocycles. The molecule has 170 valence electrons. The number of nitrogens with zero attached hydrogens (tertiary/aromatic N) is 3. The summed E-state index contributed by atoms with van der Waals surface area (Å²) in [5.41, 5.74) is 2.08. The Morgan fingerprint density at radius 1 is 0.781 bits per heavy atom. The molecule has 0 saturated carbocycles. The van der Waals surface area contributed by atoms with Crippen LogP contribution in [0.2, 0.25) is 0 Å². The third kappa shape index (κ3) is 6.93. The van der Waals surface area contributed by atoms with Crippen molar-refractivity contribution in [2.45, 2.75) is 25.2 Å². The van der Waals surface area contributed by atoms with Crippen LogP contribution >= 0.6 is 0 Å². The summed E-state index contributed by atoms with van der Waals surface area (Å²) in [7, 11) is 0. The minimum absolute atomic E-state index is 0.309. The van der Waals surface area contributed by atoms with Gasteiger partial charge in [-0.15, -0.1) is 5.12 Å². The van der Waals surface area contributed by atoms with Gasteiger partial charge in [-0.2, -0.15) is 36.5 Å². The molecule has 0 unspecified atom stereocenters. The quantitative estimate of drug-likeness (QED) is 0.383. The summed E-state index contributed by atoms with van der Waals surface area (Å²) in [6.45, 7) is 0. The highest BCUT2D eigenvalue weighted by Crippen LogP contribution is 2.32. The summed E-state index contributed by atoms with van der Waals surface area (Å²) in [4.78, 5) is 23.2. The van der Waals surface area contributed by atoms with Crippen LogP contribution in [-0.4, -0.2) is 29.4 Å². The number of amides is 2. The first-order valence-electron chi connectivity index (χ1n) is 8.91. The molecule has 0 spiro atoms. The maximum atomic E-state index is 13.1. The Hall–Kier alpha value is -3.70. The molecule has 6 nitrogen and oxygen atoms in total. The van der Waals surface area contributed by atoms with E-state index >= 15 is 0 Å². The molecule has 0 radical (unpaired) electrons. The number of hydrogen-bond acceptors (Lipinski definition) is 4. The van der Waals surface area contributed by atoms with Crippen molar-refractivity contribution in [3.05, 3.63) is 70.8 Å². The fourth-order valence-electron chi connectivity index (χ4n) is 2.46. The zero-order valence-electron chi connectivity index (χ0n) is 16.2. The largest absolute Gasteiger partial charge is 0.417 e. The molecule has 2 rings (SSSR count). The van der Waals surface area contributed by atoms with Gasteiger partial charge in [0.15, 0.2) is 0 Å². The van der Waals surface area contributed by atoms with Gasteiger partial charge in [0, 0.05) is 24.0 Å². The van der Waals surface area contributed by atoms with Crippen LogP contribution in [0.15, 0.2) is 58.7 Å². The fourth-order valence-corrected chi connectivity index (χ4v) is 2.46. The second-order valence-electron chi connectivity index (χ2n) is 6.31. The van der Waals surface area contributed by atoms with Gasteiger partial charge in [0.25, 0.3) is 5.91 Å². The van der Waals surface area contributed by atoms with Gasteiger partial charge in [-0.05, 0) is 12.1 Å². The van der Waals surface area contributed by atoms with Crippen molar-refractivity contribution in [2.75, 3.05) is 0 Å². The summed E-state index contributed by atoms with van der Waals surface area (Å²) < 4.78 is 78.8. The van der Waals surface area contributed by atoms with E-state index in [0.717, 1.165) is 36.4 Å². The van der Waals surface area contributed by atoms with Crippen LogP contribution in [0.1, 0.15) is 35.1 Å². The Morgan fingerprint density at radius 2 is 1.19 bits per heavy atom. The number of carbonyl (C=O) groups is 2. The van der Waals surface area contributed by atoms with E-state index in [1.165, 1.54) is 12.1 Å². The average Bonchev–Trinajstić information content (AvgIpc) is 2.71. The van der Waals surface area contributed by atoms with Crippen LogP contribution in [0.3, 0.4) is 0 Å². The number of rotatable bonds is 7. The van der Waals surface area contributed by atoms with Crippen molar-refractivity contribution in [1.82, 2.24) is 5.12 Å². The summed E-state index contributed by atoms with van der Waals surface area (Å²) in [6, 6.07) is 8.68.